The fourth-order valence-corrected chi connectivity index (χ4v) is 1.76. The molecule has 0 aliphatic heterocycles. The van der Waals surface area contributed by atoms with Crippen LogP contribution in [0.2, 0.25) is 0 Å². The van der Waals surface area contributed by atoms with Crippen LogP contribution in [0.5, 0.6) is 5.75 Å². The SMILES string of the molecule is Cc1ccccc1Cc1cc(O)ccc1N. The maximum atomic E-state index is 9.43. The lowest BCUT2D eigenvalue weighted by Crippen LogP contribution is -1.96. The number of nitrogen functional groups attached to an aromatic ring is 1. The lowest BCUT2D eigenvalue weighted by molar-refractivity contribution is 0.475. The summed E-state index contributed by atoms with van der Waals surface area (Å²) in [6, 6.07) is 13.3. The van der Waals surface area contributed by atoms with Crippen LogP contribution in [0.15, 0.2) is 42.5 Å². The summed E-state index contributed by atoms with van der Waals surface area (Å²) in [4.78, 5) is 0. The normalized spacial score (nSPS) is 10.3. The molecule has 2 aromatic rings. The van der Waals surface area contributed by atoms with E-state index in [1.807, 2.05) is 12.1 Å². The average Bonchev–Trinajstić information content (AvgIpc) is 2.27. The van der Waals surface area contributed by atoms with Gasteiger partial charge in [0.2, 0.25) is 0 Å². The number of aryl methyl sites for hydroxylation is 1. The van der Waals surface area contributed by atoms with E-state index in [1.165, 1.54) is 11.1 Å². The Bertz CT molecular complexity index is 506. The molecule has 0 saturated heterocycles. The van der Waals surface area contributed by atoms with Gasteiger partial charge in [-0.05, 0) is 48.2 Å². The van der Waals surface area contributed by atoms with Crippen LogP contribution in [0.1, 0.15) is 16.7 Å². The van der Waals surface area contributed by atoms with Gasteiger partial charge in [0.05, 0.1) is 0 Å². The van der Waals surface area contributed by atoms with Gasteiger partial charge in [0.25, 0.3) is 0 Å². The van der Waals surface area contributed by atoms with Gasteiger partial charge in [-0.2, -0.15) is 0 Å². The van der Waals surface area contributed by atoms with Crippen molar-refractivity contribution in [2.24, 2.45) is 0 Å². The Balaban J connectivity index is 2.34. The molecule has 0 radical (unpaired) electrons. The highest BCUT2D eigenvalue weighted by atomic mass is 16.3. The summed E-state index contributed by atoms with van der Waals surface area (Å²) in [6.07, 6.45) is 0.757. The Morgan fingerprint density at radius 1 is 1.06 bits per heavy atom. The predicted octanol–water partition coefficient (Wildman–Crippen LogP) is 2.87. The van der Waals surface area contributed by atoms with Crippen molar-refractivity contribution in [3.05, 3.63) is 59.2 Å². The second kappa shape index (κ2) is 4.27. The molecule has 16 heavy (non-hydrogen) atoms. The van der Waals surface area contributed by atoms with E-state index >= 15 is 0 Å². The second-order valence-corrected chi connectivity index (χ2v) is 3.99. The summed E-state index contributed by atoms with van der Waals surface area (Å²) in [6.45, 7) is 2.08. The maximum Gasteiger partial charge on any atom is 0.116 e. The van der Waals surface area contributed by atoms with Gasteiger partial charge in [-0.3, -0.25) is 0 Å². The number of aromatic hydroxyl groups is 1. The Hall–Kier alpha value is -1.96. The molecule has 0 unspecified atom stereocenters. The largest absolute Gasteiger partial charge is 0.508 e. The van der Waals surface area contributed by atoms with Crippen molar-refractivity contribution >= 4 is 5.69 Å². The third kappa shape index (κ3) is 2.16. The highest BCUT2D eigenvalue weighted by Crippen LogP contribution is 2.22. The molecule has 0 atom stereocenters. The van der Waals surface area contributed by atoms with E-state index in [0.29, 0.717) is 0 Å². The van der Waals surface area contributed by atoms with Crippen molar-refractivity contribution in [1.29, 1.82) is 0 Å². The Labute approximate surface area is 95.4 Å². The maximum absolute atomic E-state index is 9.43. The zero-order valence-corrected chi connectivity index (χ0v) is 9.27. The molecule has 82 valence electrons. The molecule has 0 amide bonds. The van der Waals surface area contributed by atoms with Crippen molar-refractivity contribution < 1.29 is 5.11 Å². The number of hydrogen-bond donors (Lipinski definition) is 2. The van der Waals surface area contributed by atoms with E-state index < -0.39 is 0 Å². The van der Waals surface area contributed by atoms with Gasteiger partial charge < -0.3 is 10.8 Å². The number of nitrogens with two attached hydrogens (primary N) is 1. The third-order valence-electron chi connectivity index (χ3n) is 2.77. The van der Waals surface area contributed by atoms with Gasteiger partial charge in [-0.1, -0.05) is 24.3 Å². The van der Waals surface area contributed by atoms with Crippen LogP contribution in [0.3, 0.4) is 0 Å². The molecule has 0 saturated carbocycles. The summed E-state index contributed by atoms with van der Waals surface area (Å²) in [7, 11) is 0. The van der Waals surface area contributed by atoms with Gasteiger partial charge >= 0.3 is 0 Å². The molecular formula is C14H15NO. The van der Waals surface area contributed by atoms with Crippen LogP contribution in [0, 0.1) is 6.92 Å². The van der Waals surface area contributed by atoms with Crippen molar-refractivity contribution in [2.45, 2.75) is 13.3 Å². The number of rotatable bonds is 2. The first kappa shape index (κ1) is 10.6. The van der Waals surface area contributed by atoms with Crippen LogP contribution >= 0.6 is 0 Å². The number of phenols is 1. The summed E-state index contributed by atoms with van der Waals surface area (Å²) >= 11 is 0. The summed E-state index contributed by atoms with van der Waals surface area (Å²) in [5, 5.41) is 9.43. The number of anilines is 1. The lowest BCUT2D eigenvalue weighted by atomic mass is 9.99. The van der Waals surface area contributed by atoms with E-state index in [-0.39, 0.29) is 5.75 Å². The van der Waals surface area contributed by atoms with Gasteiger partial charge in [-0.15, -0.1) is 0 Å². The highest BCUT2D eigenvalue weighted by molar-refractivity contribution is 5.52. The average molecular weight is 213 g/mol. The standard InChI is InChI=1S/C14H15NO/c1-10-4-2-3-5-11(10)8-12-9-13(16)6-7-14(12)15/h2-7,9,16H,8,15H2,1H3. The number of phenolic OH excluding ortho intramolecular Hbond substituents is 1. The highest BCUT2D eigenvalue weighted by Gasteiger charge is 2.04. The molecule has 2 rings (SSSR count). The van der Waals surface area contributed by atoms with Crippen LogP contribution < -0.4 is 5.73 Å². The molecule has 0 aliphatic carbocycles. The van der Waals surface area contributed by atoms with Gasteiger partial charge in [0, 0.05) is 5.69 Å². The fourth-order valence-electron chi connectivity index (χ4n) is 1.76. The molecule has 2 heteroatoms. The van der Waals surface area contributed by atoms with Crippen molar-refractivity contribution in [2.75, 3.05) is 5.73 Å². The van der Waals surface area contributed by atoms with Crippen LogP contribution in [0.4, 0.5) is 5.69 Å². The molecule has 0 bridgehead atoms. The molecule has 0 fully saturated rings. The minimum atomic E-state index is 0.262. The van der Waals surface area contributed by atoms with Crippen molar-refractivity contribution in [1.82, 2.24) is 0 Å². The summed E-state index contributed by atoms with van der Waals surface area (Å²) in [5.74, 6) is 0.262. The zero-order valence-electron chi connectivity index (χ0n) is 9.27. The second-order valence-electron chi connectivity index (χ2n) is 3.99. The van der Waals surface area contributed by atoms with E-state index in [1.54, 1.807) is 18.2 Å². The van der Waals surface area contributed by atoms with E-state index in [2.05, 4.69) is 19.1 Å². The zero-order chi connectivity index (χ0) is 11.5. The molecule has 0 heterocycles. The summed E-state index contributed by atoms with van der Waals surface area (Å²) < 4.78 is 0. The molecule has 0 spiro atoms. The molecule has 2 nitrogen and oxygen atoms in total. The van der Waals surface area contributed by atoms with Gasteiger partial charge in [0.1, 0.15) is 5.75 Å². The minimum absolute atomic E-state index is 0.262. The predicted molar refractivity (Wildman–Crippen MR) is 66.5 cm³/mol. The minimum Gasteiger partial charge on any atom is -0.508 e. The van der Waals surface area contributed by atoms with Gasteiger partial charge in [-0.25, -0.2) is 0 Å². The quantitative estimate of drug-likeness (QED) is 0.595. The van der Waals surface area contributed by atoms with Crippen LogP contribution in [-0.2, 0) is 6.42 Å². The first-order valence-corrected chi connectivity index (χ1v) is 5.28. The summed E-state index contributed by atoms with van der Waals surface area (Å²) in [5.41, 5.74) is 10.0. The van der Waals surface area contributed by atoms with E-state index in [9.17, 15) is 5.11 Å². The number of benzene rings is 2. The molecular weight excluding hydrogens is 198 g/mol. The van der Waals surface area contributed by atoms with Crippen LogP contribution in [0.25, 0.3) is 0 Å². The Kier molecular flexibility index (Phi) is 2.82. The number of hydrogen-bond acceptors (Lipinski definition) is 2. The molecule has 0 aromatic heterocycles. The van der Waals surface area contributed by atoms with Crippen molar-refractivity contribution in [3.63, 3.8) is 0 Å². The Morgan fingerprint density at radius 3 is 2.56 bits per heavy atom. The first-order chi connectivity index (χ1) is 7.66. The molecule has 3 N–H and O–H groups in total. The Morgan fingerprint density at radius 2 is 1.81 bits per heavy atom. The topological polar surface area (TPSA) is 46.2 Å². The van der Waals surface area contributed by atoms with Crippen molar-refractivity contribution in [3.8, 4) is 5.75 Å². The molecule has 0 aliphatic rings. The fraction of sp³-hybridized carbons (Fsp3) is 0.143. The first-order valence-electron chi connectivity index (χ1n) is 5.28. The van der Waals surface area contributed by atoms with Gasteiger partial charge in [0.15, 0.2) is 0 Å². The van der Waals surface area contributed by atoms with E-state index in [4.69, 9.17) is 5.73 Å². The lowest BCUT2D eigenvalue weighted by Gasteiger charge is -2.08. The van der Waals surface area contributed by atoms with E-state index in [0.717, 1.165) is 17.7 Å². The molecule has 2 aromatic carbocycles. The smallest absolute Gasteiger partial charge is 0.116 e. The monoisotopic (exact) mass is 213 g/mol. The van der Waals surface area contributed by atoms with Crippen LogP contribution in [-0.4, -0.2) is 5.11 Å². The third-order valence-corrected chi connectivity index (χ3v) is 2.77.